The van der Waals surface area contributed by atoms with E-state index in [1.54, 1.807) is 14.2 Å². The Balaban J connectivity index is 3.10. The second-order valence-corrected chi connectivity index (χ2v) is 4.86. The summed E-state index contributed by atoms with van der Waals surface area (Å²) in [5.41, 5.74) is 3.89. The highest BCUT2D eigenvalue weighted by Crippen LogP contribution is 2.40. The van der Waals surface area contributed by atoms with Crippen molar-refractivity contribution in [1.29, 1.82) is 0 Å². The SMILES string of the molecule is CCCCC(NN)c1ccc(OC)c(Br)c1OC. The van der Waals surface area contributed by atoms with E-state index in [-0.39, 0.29) is 6.04 Å². The fourth-order valence-electron chi connectivity index (χ4n) is 1.93. The van der Waals surface area contributed by atoms with Gasteiger partial charge in [0.1, 0.15) is 16.0 Å². The lowest BCUT2D eigenvalue weighted by atomic mass is 10.0. The van der Waals surface area contributed by atoms with E-state index in [0.717, 1.165) is 40.8 Å². The number of unbranched alkanes of at least 4 members (excludes halogenated alkanes) is 1. The quantitative estimate of drug-likeness (QED) is 0.599. The number of nitrogens with two attached hydrogens (primary N) is 1. The molecule has 102 valence electrons. The van der Waals surface area contributed by atoms with Gasteiger partial charge in [-0.05, 0) is 34.5 Å². The summed E-state index contributed by atoms with van der Waals surface area (Å²) in [5, 5.41) is 0. The van der Waals surface area contributed by atoms with Gasteiger partial charge in [-0.2, -0.15) is 0 Å². The molecule has 0 radical (unpaired) electrons. The molecule has 0 aliphatic carbocycles. The predicted octanol–water partition coefficient (Wildman–Crippen LogP) is 3.16. The van der Waals surface area contributed by atoms with E-state index in [0.29, 0.717) is 0 Å². The van der Waals surface area contributed by atoms with Gasteiger partial charge in [-0.3, -0.25) is 11.3 Å². The van der Waals surface area contributed by atoms with Crippen LogP contribution in [-0.4, -0.2) is 14.2 Å². The molecule has 1 rings (SSSR count). The highest BCUT2D eigenvalue weighted by Gasteiger charge is 2.19. The van der Waals surface area contributed by atoms with E-state index in [4.69, 9.17) is 15.3 Å². The van der Waals surface area contributed by atoms with Crippen molar-refractivity contribution >= 4 is 15.9 Å². The van der Waals surface area contributed by atoms with Gasteiger partial charge in [0.2, 0.25) is 0 Å². The summed E-state index contributed by atoms with van der Waals surface area (Å²) >= 11 is 3.50. The third kappa shape index (κ3) is 3.37. The molecular weight excluding hydrogens is 296 g/mol. The summed E-state index contributed by atoms with van der Waals surface area (Å²) in [5.74, 6) is 7.16. The standard InChI is InChI=1S/C13H21BrN2O2/c1-4-5-6-10(16-15)9-7-8-11(17-2)12(14)13(9)18-3/h7-8,10,16H,4-6,15H2,1-3H3. The molecule has 1 aromatic carbocycles. The Hall–Kier alpha value is -0.780. The molecular formula is C13H21BrN2O2. The molecule has 18 heavy (non-hydrogen) atoms. The summed E-state index contributed by atoms with van der Waals surface area (Å²) in [4.78, 5) is 0. The lowest BCUT2D eigenvalue weighted by molar-refractivity contribution is 0.376. The first-order valence-corrected chi connectivity index (χ1v) is 6.85. The zero-order chi connectivity index (χ0) is 13.5. The minimum absolute atomic E-state index is 0.0853. The van der Waals surface area contributed by atoms with Crippen molar-refractivity contribution in [3.05, 3.63) is 22.2 Å². The number of ether oxygens (including phenoxy) is 2. The third-order valence-corrected chi connectivity index (χ3v) is 3.69. The van der Waals surface area contributed by atoms with Gasteiger partial charge in [0.15, 0.2) is 0 Å². The maximum absolute atomic E-state index is 5.64. The average molecular weight is 317 g/mol. The van der Waals surface area contributed by atoms with Gasteiger partial charge in [-0.25, -0.2) is 0 Å². The van der Waals surface area contributed by atoms with Gasteiger partial charge in [0, 0.05) is 11.6 Å². The Morgan fingerprint density at radius 2 is 2.06 bits per heavy atom. The highest BCUT2D eigenvalue weighted by atomic mass is 79.9. The fourth-order valence-corrected chi connectivity index (χ4v) is 2.61. The minimum atomic E-state index is 0.0853. The van der Waals surface area contributed by atoms with Crippen LogP contribution in [-0.2, 0) is 0 Å². The van der Waals surface area contributed by atoms with Gasteiger partial charge in [0.25, 0.3) is 0 Å². The molecule has 5 heteroatoms. The molecule has 0 saturated carbocycles. The molecule has 0 heterocycles. The second-order valence-electron chi connectivity index (χ2n) is 4.07. The summed E-state index contributed by atoms with van der Waals surface area (Å²) in [6.07, 6.45) is 3.22. The molecule has 4 nitrogen and oxygen atoms in total. The Bertz CT molecular complexity index is 385. The summed E-state index contributed by atoms with van der Waals surface area (Å²) in [6.45, 7) is 2.16. The molecule has 1 unspecified atom stereocenters. The van der Waals surface area contributed by atoms with Crippen LogP contribution in [0.4, 0.5) is 0 Å². The van der Waals surface area contributed by atoms with Gasteiger partial charge >= 0.3 is 0 Å². The molecule has 0 bridgehead atoms. The zero-order valence-corrected chi connectivity index (χ0v) is 12.7. The number of nitrogens with one attached hydrogen (secondary N) is 1. The number of methoxy groups -OCH3 is 2. The average Bonchev–Trinajstić information content (AvgIpc) is 2.40. The van der Waals surface area contributed by atoms with Gasteiger partial charge in [-0.15, -0.1) is 0 Å². The topological polar surface area (TPSA) is 56.5 Å². The Morgan fingerprint density at radius 1 is 1.33 bits per heavy atom. The molecule has 1 atom stereocenters. The smallest absolute Gasteiger partial charge is 0.141 e. The monoisotopic (exact) mass is 316 g/mol. The van der Waals surface area contributed by atoms with Gasteiger partial charge in [-0.1, -0.05) is 19.8 Å². The van der Waals surface area contributed by atoms with E-state index in [9.17, 15) is 0 Å². The van der Waals surface area contributed by atoms with E-state index >= 15 is 0 Å². The molecule has 0 saturated heterocycles. The number of benzene rings is 1. The van der Waals surface area contributed by atoms with Crippen LogP contribution in [0.5, 0.6) is 11.5 Å². The number of hydrazine groups is 1. The molecule has 3 N–H and O–H groups in total. The van der Waals surface area contributed by atoms with Crippen LogP contribution in [0.3, 0.4) is 0 Å². The van der Waals surface area contributed by atoms with Crippen molar-refractivity contribution < 1.29 is 9.47 Å². The normalized spacial score (nSPS) is 12.3. The second kappa shape index (κ2) is 7.61. The molecule has 0 amide bonds. The first kappa shape index (κ1) is 15.3. The molecule has 0 aliphatic rings. The summed E-state index contributed by atoms with van der Waals surface area (Å²) in [7, 11) is 3.28. The largest absolute Gasteiger partial charge is 0.495 e. The predicted molar refractivity (Wildman–Crippen MR) is 76.8 cm³/mol. The van der Waals surface area contributed by atoms with E-state index in [1.165, 1.54) is 0 Å². The van der Waals surface area contributed by atoms with Crippen LogP contribution in [0.2, 0.25) is 0 Å². The van der Waals surface area contributed by atoms with Crippen molar-refractivity contribution in [2.45, 2.75) is 32.2 Å². The van der Waals surface area contributed by atoms with E-state index < -0.39 is 0 Å². The van der Waals surface area contributed by atoms with Crippen molar-refractivity contribution in [2.24, 2.45) is 5.84 Å². The molecule has 0 aliphatic heterocycles. The maximum Gasteiger partial charge on any atom is 0.141 e. The Labute approximate surface area is 117 Å². The van der Waals surface area contributed by atoms with Crippen LogP contribution in [0, 0.1) is 0 Å². The number of halogens is 1. The van der Waals surface area contributed by atoms with Crippen LogP contribution < -0.4 is 20.7 Å². The first-order valence-electron chi connectivity index (χ1n) is 6.06. The summed E-state index contributed by atoms with van der Waals surface area (Å²) < 4.78 is 11.5. The van der Waals surface area contributed by atoms with E-state index in [2.05, 4.69) is 28.3 Å². The Kier molecular flexibility index (Phi) is 6.46. The molecule has 0 aromatic heterocycles. The fraction of sp³-hybridized carbons (Fsp3) is 0.538. The van der Waals surface area contributed by atoms with Crippen molar-refractivity contribution in [3.8, 4) is 11.5 Å². The van der Waals surface area contributed by atoms with Crippen LogP contribution in [0.25, 0.3) is 0 Å². The van der Waals surface area contributed by atoms with E-state index in [1.807, 2.05) is 12.1 Å². The lowest BCUT2D eigenvalue weighted by Gasteiger charge is -2.20. The first-order chi connectivity index (χ1) is 8.69. The molecule has 0 fully saturated rings. The van der Waals surface area contributed by atoms with Crippen LogP contribution in [0.15, 0.2) is 16.6 Å². The lowest BCUT2D eigenvalue weighted by Crippen LogP contribution is -2.28. The minimum Gasteiger partial charge on any atom is -0.495 e. The molecule has 1 aromatic rings. The number of hydrogen-bond donors (Lipinski definition) is 2. The maximum atomic E-state index is 5.64. The Morgan fingerprint density at radius 3 is 2.56 bits per heavy atom. The highest BCUT2D eigenvalue weighted by molar-refractivity contribution is 9.10. The van der Waals surface area contributed by atoms with Crippen LogP contribution >= 0.6 is 15.9 Å². The number of rotatable bonds is 7. The van der Waals surface area contributed by atoms with Gasteiger partial charge in [0.05, 0.1) is 14.2 Å². The van der Waals surface area contributed by atoms with Crippen molar-refractivity contribution in [2.75, 3.05) is 14.2 Å². The van der Waals surface area contributed by atoms with Crippen molar-refractivity contribution in [3.63, 3.8) is 0 Å². The van der Waals surface area contributed by atoms with Gasteiger partial charge < -0.3 is 9.47 Å². The number of hydrogen-bond acceptors (Lipinski definition) is 4. The summed E-state index contributed by atoms with van der Waals surface area (Å²) in [6, 6.07) is 3.99. The zero-order valence-electron chi connectivity index (χ0n) is 11.1. The third-order valence-electron chi connectivity index (χ3n) is 2.94. The molecule has 0 spiro atoms. The van der Waals surface area contributed by atoms with Crippen molar-refractivity contribution in [1.82, 2.24) is 5.43 Å². The van der Waals surface area contributed by atoms with Crippen LogP contribution in [0.1, 0.15) is 37.8 Å².